The molecule has 2 aromatic rings. The van der Waals surface area contributed by atoms with Crippen molar-refractivity contribution in [2.75, 3.05) is 26.6 Å². The normalized spacial score (nSPS) is 10.2. The van der Waals surface area contributed by atoms with Crippen molar-refractivity contribution >= 4 is 5.95 Å². The van der Waals surface area contributed by atoms with Crippen molar-refractivity contribution in [1.29, 1.82) is 0 Å². The van der Waals surface area contributed by atoms with E-state index in [9.17, 15) is 0 Å². The first-order chi connectivity index (χ1) is 8.69. The van der Waals surface area contributed by atoms with Crippen LogP contribution in [0, 0.1) is 6.92 Å². The fourth-order valence-electron chi connectivity index (χ4n) is 1.84. The molecular formula is C13H17N3O2. The van der Waals surface area contributed by atoms with Crippen molar-refractivity contribution in [2.24, 2.45) is 0 Å². The van der Waals surface area contributed by atoms with Gasteiger partial charge in [0.1, 0.15) is 11.5 Å². The molecule has 1 aromatic carbocycles. The van der Waals surface area contributed by atoms with Gasteiger partial charge in [0.2, 0.25) is 5.95 Å². The van der Waals surface area contributed by atoms with Crippen molar-refractivity contribution in [3.05, 3.63) is 23.9 Å². The van der Waals surface area contributed by atoms with Crippen LogP contribution < -0.4 is 14.8 Å². The van der Waals surface area contributed by atoms with Crippen LogP contribution in [0.3, 0.4) is 0 Å². The molecule has 96 valence electrons. The molecule has 0 saturated carbocycles. The molecule has 2 N–H and O–H groups in total. The second-order valence-electron chi connectivity index (χ2n) is 3.88. The summed E-state index contributed by atoms with van der Waals surface area (Å²) in [5.74, 6) is 2.24. The summed E-state index contributed by atoms with van der Waals surface area (Å²) in [4.78, 5) is 7.64. The lowest BCUT2D eigenvalue weighted by Gasteiger charge is -2.09. The maximum atomic E-state index is 5.39. The molecule has 0 fully saturated rings. The van der Waals surface area contributed by atoms with E-state index in [-0.39, 0.29) is 0 Å². The average molecular weight is 247 g/mol. The fraction of sp³-hybridized carbons (Fsp3) is 0.308. The Morgan fingerprint density at radius 3 is 2.56 bits per heavy atom. The lowest BCUT2D eigenvalue weighted by molar-refractivity contribution is 0.395. The SMILES string of the molecule is CNc1nc(-c2ccc(OC)cc2OC)c(C)[nH]1. The van der Waals surface area contributed by atoms with E-state index in [2.05, 4.69) is 15.3 Å². The Balaban J connectivity index is 2.52. The fourth-order valence-corrected chi connectivity index (χ4v) is 1.84. The highest BCUT2D eigenvalue weighted by molar-refractivity contribution is 5.71. The van der Waals surface area contributed by atoms with Gasteiger partial charge in [-0.15, -0.1) is 0 Å². The minimum atomic E-state index is 0.736. The highest BCUT2D eigenvalue weighted by atomic mass is 16.5. The van der Waals surface area contributed by atoms with Crippen LogP contribution in [0.25, 0.3) is 11.3 Å². The van der Waals surface area contributed by atoms with Crippen LogP contribution in [0.4, 0.5) is 5.95 Å². The first-order valence-corrected chi connectivity index (χ1v) is 5.66. The standard InChI is InChI=1S/C13H17N3O2/c1-8-12(16-13(14-2)15-8)10-6-5-9(17-3)7-11(10)18-4/h5-7H,1-4H3,(H2,14,15,16). The van der Waals surface area contributed by atoms with Gasteiger partial charge in [0.05, 0.1) is 19.9 Å². The molecule has 0 bridgehead atoms. The van der Waals surface area contributed by atoms with Gasteiger partial charge in [-0.05, 0) is 19.1 Å². The molecule has 2 rings (SSSR count). The third-order valence-electron chi connectivity index (χ3n) is 2.79. The Kier molecular flexibility index (Phi) is 3.41. The number of H-pyrrole nitrogens is 1. The number of nitrogens with one attached hydrogen (secondary N) is 2. The van der Waals surface area contributed by atoms with E-state index in [1.165, 1.54) is 0 Å². The molecule has 0 aliphatic carbocycles. The van der Waals surface area contributed by atoms with Gasteiger partial charge in [-0.1, -0.05) is 0 Å². The summed E-state index contributed by atoms with van der Waals surface area (Å²) in [5, 5.41) is 2.99. The molecule has 5 heteroatoms. The van der Waals surface area contributed by atoms with E-state index < -0.39 is 0 Å². The molecule has 0 radical (unpaired) electrons. The van der Waals surface area contributed by atoms with Crippen LogP contribution in [0.1, 0.15) is 5.69 Å². The number of aryl methyl sites for hydroxylation is 1. The number of ether oxygens (including phenoxy) is 2. The van der Waals surface area contributed by atoms with Gasteiger partial charge in [-0.2, -0.15) is 0 Å². The van der Waals surface area contributed by atoms with Crippen LogP contribution in [-0.2, 0) is 0 Å². The summed E-state index contributed by atoms with van der Waals surface area (Å²) in [6, 6.07) is 5.69. The van der Waals surface area contributed by atoms with E-state index in [0.29, 0.717) is 0 Å². The van der Waals surface area contributed by atoms with E-state index in [0.717, 1.165) is 34.4 Å². The molecule has 0 saturated heterocycles. The minimum absolute atomic E-state index is 0.736. The number of imidazole rings is 1. The molecule has 0 atom stereocenters. The Bertz CT molecular complexity index is 549. The molecule has 18 heavy (non-hydrogen) atoms. The second kappa shape index (κ2) is 5.00. The summed E-state index contributed by atoms with van der Waals surface area (Å²) in [7, 11) is 5.10. The van der Waals surface area contributed by atoms with E-state index in [1.807, 2.05) is 32.2 Å². The highest BCUT2D eigenvalue weighted by Crippen LogP contribution is 2.34. The van der Waals surface area contributed by atoms with Gasteiger partial charge in [0, 0.05) is 24.4 Å². The Morgan fingerprint density at radius 1 is 1.22 bits per heavy atom. The third kappa shape index (κ3) is 2.11. The van der Waals surface area contributed by atoms with Crippen molar-refractivity contribution in [1.82, 2.24) is 9.97 Å². The van der Waals surface area contributed by atoms with Crippen molar-refractivity contribution in [3.8, 4) is 22.8 Å². The average Bonchev–Trinajstić information content (AvgIpc) is 2.79. The molecule has 0 aliphatic heterocycles. The monoisotopic (exact) mass is 247 g/mol. The minimum Gasteiger partial charge on any atom is -0.497 e. The lowest BCUT2D eigenvalue weighted by atomic mass is 10.1. The predicted molar refractivity (Wildman–Crippen MR) is 71.4 cm³/mol. The zero-order chi connectivity index (χ0) is 13.1. The summed E-state index contributed by atoms with van der Waals surface area (Å²) >= 11 is 0. The Labute approximate surface area is 106 Å². The van der Waals surface area contributed by atoms with Crippen molar-refractivity contribution in [3.63, 3.8) is 0 Å². The maximum Gasteiger partial charge on any atom is 0.200 e. The topological polar surface area (TPSA) is 59.2 Å². The third-order valence-corrected chi connectivity index (χ3v) is 2.79. The molecule has 0 spiro atoms. The molecule has 1 heterocycles. The zero-order valence-corrected chi connectivity index (χ0v) is 11.0. The van der Waals surface area contributed by atoms with Crippen LogP contribution in [0.5, 0.6) is 11.5 Å². The van der Waals surface area contributed by atoms with Gasteiger partial charge in [0.15, 0.2) is 0 Å². The summed E-state index contributed by atoms with van der Waals surface area (Å²) in [6.07, 6.45) is 0. The molecule has 5 nitrogen and oxygen atoms in total. The second-order valence-corrected chi connectivity index (χ2v) is 3.88. The van der Waals surface area contributed by atoms with E-state index in [1.54, 1.807) is 14.2 Å². The number of aromatic nitrogens is 2. The highest BCUT2D eigenvalue weighted by Gasteiger charge is 2.13. The van der Waals surface area contributed by atoms with E-state index >= 15 is 0 Å². The van der Waals surface area contributed by atoms with Crippen LogP contribution >= 0.6 is 0 Å². The number of nitrogens with zero attached hydrogens (tertiary/aromatic N) is 1. The quantitative estimate of drug-likeness (QED) is 0.871. The predicted octanol–water partition coefficient (Wildman–Crippen LogP) is 2.44. The zero-order valence-electron chi connectivity index (χ0n) is 11.0. The summed E-state index contributed by atoms with van der Waals surface area (Å²) < 4.78 is 10.6. The van der Waals surface area contributed by atoms with Gasteiger partial charge < -0.3 is 19.8 Å². The Morgan fingerprint density at radius 2 is 2.00 bits per heavy atom. The van der Waals surface area contributed by atoms with Gasteiger partial charge in [-0.25, -0.2) is 4.98 Å². The first kappa shape index (κ1) is 12.3. The number of benzene rings is 1. The number of methoxy groups -OCH3 is 2. The smallest absolute Gasteiger partial charge is 0.200 e. The Hall–Kier alpha value is -2.17. The molecular weight excluding hydrogens is 230 g/mol. The van der Waals surface area contributed by atoms with Crippen molar-refractivity contribution in [2.45, 2.75) is 6.92 Å². The van der Waals surface area contributed by atoms with E-state index in [4.69, 9.17) is 9.47 Å². The van der Waals surface area contributed by atoms with Gasteiger partial charge in [-0.3, -0.25) is 0 Å². The number of hydrogen-bond acceptors (Lipinski definition) is 4. The first-order valence-electron chi connectivity index (χ1n) is 5.66. The van der Waals surface area contributed by atoms with Crippen LogP contribution in [-0.4, -0.2) is 31.2 Å². The number of hydrogen-bond donors (Lipinski definition) is 2. The van der Waals surface area contributed by atoms with Crippen molar-refractivity contribution < 1.29 is 9.47 Å². The molecule has 0 unspecified atom stereocenters. The number of rotatable bonds is 4. The lowest BCUT2D eigenvalue weighted by Crippen LogP contribution is -1.92. The molecule has 0 aliphatic rings. The number of aromatic amines is 1. The number of anilines is 1. The van der Waals surface area contributed by atoms with Gasteiger partial charge in [0.25, 0.3) is 0 Å². The summed E-state index contributed by atoms with van der Waals surface area (Å²) in [6.45, 7) is 1.98. The summed E-state index contributed by atoms with van der Waals surface area (Å²) in [5.41, 5.74) is 2.80. The maximum absolute atomic E-state index is 5.39. The molecule has 0 amide bonds. The molecule has 1 aromatic heterocycles. The van der Waals surface area contributed by atoms with Gasteiger partial charge >= 0.3 is 0 Å². The van der Waals surface area contributed by atoms with Crippen LogP contribution in [0.2, 0.25) is 0 Å². The largest absolute Gasteiger partial charge is 0.497 e. The van der Waals surface area contributed by atoms with Crippen LogP contribution in [0.15, 0.2) is 18.2 Å².